The number of nitriles is 1. The van der Waals surface area contributed by atoms with Crippen LogP contribution in [0.5, 0.6) is 0 Å². The predicted molar refractivity (Wildman–Crippen MR) is 84.4 cm³/mol. The lowest BCUT2D eigenvalue weighted by Gasteiger charge is -2.11. The van der Waals surface area contributed by atoms with E-state index in [1.54, 1.807) is 18.2 Å². The SMILES string of the molecule is N#Cc1ccc(Br)cc1Nc1ccc(S(N)(=O)=O)c(N)c1. The van der Waals surface area contributed by atoms with Crippen molar-refractivity contribution in [3.8, 4) is 6.07 Å². The van der Waals surface area contributed by atoms with Crippen molar-refractivity contribution in [1.29, 1.82) is 5.26 Å². The summed E-state index contributed by atoms with van der Waals surface area (Å²) >= 11 is 3.32. The Labute approximate surface area is 130 Å². The molecule has 8 heteroatoms. The molecule has 0 aliphatic rings. The molecule has 0 heterocycles. The third kappa shape index (κ3) is 3.52. The first-order valence-electron chi connectivity index (χ1n) is 5.70. The molecule has 21 heavy (non-hydrogen) atoms. The molecule has 2 aromatic rings. The minimum atomic E-state index is -3.86. The van der Waals surface area contributed by atoms with Crippen LogP contribution in [0.4, 0.5) is 17.1 Å². The second kappa shape index (κ2) is 5.73. The monoisotopic (exact) mass is 366 g/mol. The molecule has 2 rings (SSSR count). The zero-order valence-corrected chi connectivity index (χ0v) is 13.1. The number of primary sulfonamides is 1. The van der Waals surface area contributed by atoms with Crippen molar-refractivity contribution in [2.75, 3.05) is 11.1 Å². The first-order valence-corrected chi connectivity index (χ1v) is 8.04. The lowest BCUT2D eigenvalue weighted by atomic mass is 10.2. The Morgan fingerprint density at radius 3 is 2.48 bits per heavy atom. The average molecular weight is 367 g/mol. The van der Waals surface area contributed by atoms with Crippen molar-refractivity contribution in [2.45, 2.75) is 4.90 Å². The number of nitrogens with one attached hydrogen (secondary N) is 1. The summed E-state index contributed by atoms with van der Waals surface area (Å²) in [6.45, 7) is 0. The van der Waals surface area contributed by atoms with Crippen molar-refractivity contribution >= 4 is 43.0 Å². The van der Waals surface area contributed by atoms with Crippen LogP contribution in [0.3, 0.4) is 0 Å². The van der Waals surface area contributed by atoms with Crippen LogP contribution in [-0.2, 0) is 10.0 Å². The number of anilines is 3. The largest absolute Gasteiger partial charge is 0.398 e. The van der Waals surface area contributed by atoms with Crippen molar-refractivity contribution in [3.63, 3.8) is 0 Å². The molecular formula is C13H11BrN4O2S. The van der Waals surface area contributed by atoms with Gasteiger partial charge in [-0.3, -0.25) is 0 Å². The van der Waals surface area contributed by atoms with Gasteiger partial charge in [0, 0.05) is 10.2 Å². The molecule has 0 unspecified atom stereocenters. The maximum atomic E-state index is 11.3. The number of benzene rings is 2. The highest BCUT2D eigenvalue weighted by Crippen LogP contribution is 2.27. The predicted octanol–water partition coefficient (Wildman–Crippen LogP) is 2.29. The second-order valence-corrected chi connectivity index (χ2v) is 6.67. The fourth-order valence-corrected chi connectivity index (χ4v) is 2.76. The third-order valence-electron chi connectivity index (χ3n) is 2.70. The van der Waals surface area contributed by atoms with Gasteiger partial charge in [-0.05, 0) is 36.4 Å². The maximum absolute atomic E-state index is 11.3. The molecule has 0 amide bonds. The number of sulfonamides is 1. The van der Waals surface area contributed by atoms with E-state index < -0.39 is 10.0 Å². The minimum Gasteiger partial charge on any atom is -0.398 e. The molecule has 0 spiro atoms. The van der Waals surface area contributed by atoms with E-state index in [4.69, 9.17) is 16.1 Å². The van der Waals surface area contributed by atoms with E-state index in [1.165, 1.54) is 18.2 Å². The second-order valence-electron chi connectivity index (χ2n) is 4.22. The van der Waals surface area contributed by atoms with E-state index in [9.17, 15) is 8.42 Å². The lowest BCUT2D eigenvalue weighted by molar-refractivity contribution is 0.598. The molecule has 108 valence electrons. The average Bonchev–Trinajstić information content (AvgIpc) is 2.37. The van der Waals surface area contributed by atoms with E-state index >= 15 is 0 Å². The van der Waals surface area contributed by atoms with Crippen molar-refractivity contribution in [2.24, 2.45) is 5.14 Å². The van der Waals surface area contributed by atoms with Gasteiger partial charge in [0.05, 0.1) is 16.9 Å². The molecule has 0 aliphatic carbocycles. The minimum absolute atomic E-state index is 0.0380. The Balaban J connectivity index is 2.40. The van der Waals surface area contributed by atoms with Crippen LogP contribution in [0.1, 0.15) is 5.56 Å². The summed E-state index contributed by atoms with van der Waals surface area (Å²) in [7, 11) is -3.86. The Morgan fingerprint density at radius 2 is 1.90 bits per heavy atom. The Bertz CT molecular complexity index is 844. The molecule has 0 radical (unpaired) electrons. The molecule has 0 saturated heterocycles. The highest BCUT2D eigenvalue weighted by Gasteiger charge is 2.12. The van der Waals surface area contributed by atoms with Crippen LogP contribution in [0.15, 0.2) is 45.8 Å². The molecule has 0 atom stereocenters. The molecule has 2 aromatic carbocycles. The van der Waals surface area contributed by atoms with Gasteiger partial charge in [-0.1, -0.05) is 15.9 Å². The number of nitrogens with two attached hydrogens (primary N) is 2. The van der Waals surface area contributed by atoms with E-state index in [0.717, 1.165) is 4.47 Å². The normalized spacial score (nSPS) is 10.9. The number of halogens is 1. The van der Waals surface area contributed by atoms with Crippen LogP contribution in [-0.4, -0.2) is 8.42 Å². The summed E-state index contributed by atoms with van der Waals surface area (Å²) < 4.78 is 23.4. The summed E-state index contributed by atoms with van der Waals surface area (Å²) in [5.74, 6) is 0. The highest BCUT2D eigenvalue weighted by molar-refractivity contribution is 9.10. The summed E-state index contributed by atoms with van der Waals surface area (Å²) in [4.78, 5) is -0.136. The molecule has 5 N–H and O–H groups in total. The molecule has 0 aliphatic heterocycles. The zero-order valence-electron chi connectivity index (χ0n) is 10.7. The summed E-state index contributed by atoms with van der Waals surface area (Å²) in [6, 6.07) is 11.5. The summed E-state index contributed by atoms with van der Waals surface area (Å²) in [6.07, 6.45) is 0. The molecule has 0 saturated carbocycles. The van der Waals surface area contributed by atoms with E-state index in [2.05, 4.69) is 27.3 Å². The van der Waals surface area contributed by atoms with Gasteiger partial charge < -0.3 is 11.1 Å². The standard InChI is InChI=1S/C13H11BrN4O2S/c14-9-2-1-8(7-15)12(5-9)18-10-3-4-13(11(16)6-10)21(17,19)20/h1-6,18H,16H2,(H2,17,19,20). The molecule has 0 fully saturated rings. The number of rotatable bonds is 3. The van der Waals surface area contributed by atoms with Gasteiger partial charge in [0.25, 0.3) is 0 Å². The van der Waals surface area contributed by atoms with Gasteiger partial charge in [0.1, 0.15) is 11.0 Å². The first kappa shape index (κ1) is 15.3. The van der Waals surface area contributed by atoms with E-state index in [1.807, 2.05) is 0 Å². The van der Waals surface area contributed by atoms with E-state index in [0.29, 0.717) is 16.9 Å². The zero-order chi connectivity index (χ0) is 15.6. The van der Waals surface area contributed by atoms with Crippen molar-refractivity contribution in [1.82, 2.24) is 0 Å². The van der Waals surface area contributed by atoms with Gasteiger partial charge in [0.15, 0.2) is 0 Å². The van der Waals surface area contributed by atoms with Crippen LogP contribution >= 0.6 is 15.9 Å². The van der Waals surface area contributed by atoms with Crippen LogP contribution in [0, 0.1) is 11.3 Å². The number of nitrogens with zero attached hydrogens (tertiary/aromatic N) is 1. The fraction of sp³-hybridized carbons (Fsp3) is 0. The molecule has 6 nitrogen and oxygen atoms in total. The summed E-state index contributed by atoms with van der Waals surface area (Å²) in [5, 5.41) is 17.1. The first-order chi connectivity index (χ1) is 9.81. The lowest BCUT2D eigenvalue weighted by Crippen LogP contribution is -2.14. The fourth-order valence-electron chi connectivity index (χ4n) is 1.76. The van der Waals surface area contributed by atoms with Crippen LogP contribution < -0.4 is 16.2 Å². The van der Waals surface area contributed by atoms with Crippen molar-refractivity contribution < 1.29 is 8.42 Å². The smallest absolute Gasteiger partial charge is 0.240 e. The Morgan fingerprint density at radius 1 is 1.19 bits per heavy atom. The molecule has 0 aromatic heterocycles. The Kier molecular flexibility index (Phi) is 4.18. The molecular weight excluding hydrogens is 356 g/mol. The Hall–Kier alpha value is -2.08. The summed E-state index contributed by atoms with van der Waals surface area (Å²) in [5.41, 5.74) is 7.31. The quantitative estimate of drug-likeness (QED) is 0.719. The third-order valence-corrected chi connectivity index (χ3v) is 4.18. The van der Waals surface area contributed by atoms with Crippen LogP contribution in [0.2, 0.25) is 0 Å². The number of hydrogen-bond acceptors (Lipinski definition) is 5. The highest BCUT2D eigenvalue weighted by atomic mass is 79.9. The topological polar surface area (TPSA) is 122 Å². The van der Waals surface area contributed by atoms with Gasteiger partial charge in [-0.2, -0.15) is 5.26 Å². The van der Waals surface area contributed by atoms with Crippen LogP contribution in [0.25, 0.3) is 0 Å². The van der Waals surface area contributed by atoms with Gasteiger partial charge >= 0.3 is 0 Å². The number of nitrogen functional groups attached to an aromatic ring is 1. The number of hydrogen-bond donors (Lipinski definition) is 3. The van der Waals surface area contributed by atoms with Gasteiger partial charge in [-0.25, -0.2) is 13.6 Å². The van der Waals surface area contributed by atoms with Gasteiger partial charge in [-0.15, -0.1) is 0 Å². The molecule has 0 bridgehead atoms. The maximum Gasteiger partial charge on any atom is 0.240 e. The van der Waals surface area contributed by atoms with E-state index in [-0.39, 0.29) is 10.6 Å². The van der Waals surface area contributed by atoms with Gasteiger partial charge in [0.2, 0.25) is 10.0 Å². The van der Waals surface area contributed by atoms with Crippen molar-refractivity contribution in [3.05, 3.63) is 46.4 Å².